The van der Waals surface area contributed by atoms with Gasteiger partial charge in [-0.25, -0.2) is 0 Å². The number of carbonyl (C=O) groups is 1. The fourth-order valence-electron chi connectivity index (χ4n) is 4.35. The fraction of sp³-hybridized carbons (Fsp3) is 0.458. The van der Waals surface area contributed by atoms with Crippen LogP contribution in [0.5, 0.6) is 0 Å². The summed E-state index contributed by atoms with van der Waals surface area (Å²) in [7, 11) is 0. The molecule has 2 aromatic carbocycles. The highest BCUT2D eigenvalue weighted by Gasteiger charge is 2.22. The van der Waals surface area contributed by atoms with Gasteiger partial charge in [-0.05, 0) is 61.6 Å². The molecule has 1 amide bonds. The molecule has 4 nitrogen and oxygen atoms in total. The molecule has 5 heteroatoms. The van der Waals surface area contributed by atoms with E-state index in [4.69, 9.17) is 11.6 Å². The van der Waals surface area contributed by atoms with Gasteiger partial charge in [0.25, 0.3) is 0 Å². The Hall–Kier alpha value is -2.04. The molecule has 2 heterocycles. The second kappa shape index (κ2) is 9.64. The van der Waals surface area contributed by atoms with Crippen LogP contribution in [0.3, 0.4) is 0 Å². The Bertz CT molecular complexity index is 815. The number of halogens is 1. The Morgan fingerprint density at radius 2 is 1.79 bits per heavy atom. The number of aryl methyl sites for hydroxylation is 1. The van der Waals surface area contributed by atoms with E-state index in [0.717, 1.165) is 44.0 Å². The summed E-state index contributed by atoms with van der Waals surface area (Å²) in [6.07, 6.45) is 5.15. The van der Waals surface area contributed by atoms with Gasteiger partial charge in [0, 0.05) is 43.3 Å². The molecule has 0 bridgehead atoms. The summed E-state index contributed by atoms with van der Waals surface area (Å²) in [5.41, 5.74) is 3.86. The predicted molar refractivity (Wildman–Crippen MR) is 120 cm³/mol. The van der Waals surface area contributed by atoms with Gasteiger partial charge in [-0.3, -0.25) is 9.69 Å². The van der Waals surface area contributed by atoms with E-state index in [9.17, 15) is 4.79 Å². The Morgan fingerprint density at radius 3 is 2.48 bits per heavy atom. The van der Waals surface area contributed by atoms with E-state index in [1.165, 1.54) is 36.2 Å². The van der Waals surface area contributed by atoms with Crippen molar-refractivity contribution in [3.8, 4) is 0 Å². The summed E-state index contributed by atoms with van der Waals surface area (Å²) in [4.78, 5) is 16.4. The van der Waals surface area contributed by atoms with Crippen LogP contribution >= 0.6 is 11.6 Å². The van der Waals surface area contributed by atoms with Gasteiger partial charge in [-0.2, -0.15) is 0 Å². The zero-order valence-corrected chi connectivity index (χ0v) is 17.7. The number of anilines is 1. The molecular weight excluding hydrogens is 382 g/mol. The minimum Gasteiger partial charge on any atom is -0.369 e. The van der Waals surface area contributed by atoms with Crippen molar-refractivity contribution in [2.75, 3.05) is 37.6 Å². The average molecular weight is 412 g/mol. The van der Waals surface area contributed by atoms with Gasteiger partial charge in [0.05, 0.1) is 6.04 Å². The average Bonchev–Trinajstić information content (AvgIpc) is 3.18. The second-order valence-corrected chi connectivity index (χ2v) is 8.60. The number of hydrogen-bond donors (Lipinski definition) is 1. The highest BCUT2D eigenvalue weighted by Crippen LogP contribution is 2.24. The van der Waals surface area contributed by atoms with Crippen molar-refractivity contribution in [2.24, 2.45) is 0 Å². The number of nitrogens with zero attached hydrogens (tertiary/aromatic N) is 2. The summed E-state index contributed by atoms with van der Waals surface area (Å²) >= 11 is 6.12. The predicted octanol–water partition coefficient (Wildman–Crippen LogP) is 4.44. The molecule has 29 heavy (non-hydrogen) atoms. The maximum absolute atomic E-state index is 11.4. The molecule has 1 atom stereocenters. The lowest BCUT2D eigenvalue weighted by Gasteiger charge is -2.36. The van der Waals surface area contributed by atoms with E-state index in [-0.39, 0.29) is 11.9 Å². The maximum atomic E-state index is 11.4. The lowest BCUT2D eigenvalue weighted by molar-refractivity contribution is -0.119. The number of hydrogen-bond acceptors (Lipinski definition) is 3. The Labute approximate surface area is 178 Å². The molecule has 2 aliphatic heterocycles. The topological polar surface area (TPSA) is 35.6 Å². The van der Waals surface area contributed by atoms with Crippen molar-refractivity contribution in [1.29, 1.82) is 0 Å². The van der Waals surface area contributed by atoms with Gasteiger partial charge in [-0.1, -0.05) is 41.9 Å². The summed E-state index contributed by atoms with van der Waals surface area (Å²) in [6, 6.07) is 17.2. The molecule has 2 aromatic rings. The Kier molecular flexibility index (Phi) is 6.73. The summed E-state index contributed by atoms with van der Waals surface area (Å²) in [5, 5.41) is 3.85. The molecule has 0 radical (unpaired) electrons. The van der Waals surface area contributed by atoms with Crippen molar-refractivity contribution < 1.29 is 4.79 Å². The summed E-state index contributed by atoms with van der Waals surface area (Å²) in [5.74, 6) is 0.174. The molecule has 2 saturated heterocycles. The van der Waals surface area contributed by atoms with E-state index < -0.39 is 0 Å². The van der Waals surface area contributed by atoms with Gasteiger partial charge < -0.3 is 10.2 Å². The third kappa shape index (κ3) is 5.52. The molecule has 1 N–H and O–H groups in total. The van der Waals surface area contributed by atoms with Crippen molar-refractivity contribution in [1.82, 2.24) is 10.2 Å². The first-order chi connectivity index (χ1) is 14.2. The summed E-state index contributed by atoms with van der Waals surface area (Å²) in [6.45, 7) is 5.55. The first kappa shape index (κ1) is 20.2. The van der Waals surface area contributed by atoms with E-state index in [1.807, 2.05) is 12.1 Å². The van der Waals surface area contributed by atoms with Crippen molar-refractivity contribution in [3.63, 3.8) is 0 Å². The van der Waals surface area contributed by atoms with Crippen LogP contribution in [0, 0.1) is 0 Å². The molecule has 2 aliphatic rings. The molecule has 1 unspecified atom stereocenters. The lowest BCUT2D eigenvalue weighted by atomic mass is 10.0. The van der Waals surface area contributed by atoms with Gasteiger partial charge in [0.1, 0.15) is 0 Å². The zero-order valence-electron chi connectivity index (χ0n) is 16.9. The highest BCUT2D eigenvalue weighted by molar-refractivity contribution is 6.30. The molecule has 0 aromatic heterocycles. The van der Waals surface area contributed by atoms with Gasteiger partial charge in [0.2, 0.25) is 5.91 Å². The SMILES string of the molecule is O=C1CCC(c2ccc(CCCCN3CCN(c4cccc(Cl)c4)CC3)cc2)N1. The third-order valence-corrected chi connectivity index (χ3v) is 6.35. The van der Waals surface area contributed by atoms with E-state index in [2.05, 4.69) is 51.5 Å². The minimum atomic E-state index is 0.174. The molecule has 4 rings (SSSR count). The van der Waals surface area contributed by atoms with Gasteiger partial charge in [0.15, 0.2) is 0 Å². The van der Waals surface area contributed by atoms with E-state index in [0.29, 0.717) is 6.42 Å². The van der Waals surface area contributed by atoms with E-state index in [1.54, 1.807) is 0 Å². The van der Waals surface area contributed by atoms with Crippen molar-refractivity contribution in [2.45, 2.75) is 38.1 Å². The van der Waals surface area contributed by atoms with Crippen LogP contribution in [0.15, 0.2) is 48.5 Å². The number of carbonyl (C=O) groups excluding carboxylic acids is 1. The number of benzene rings is 2. The van der Waals surface area contributed by atoms with Crippen LogP contribution in [0.4, 0.5) is 5.69 Å². The largest absolute Gasteiger partial charge is 0.369 e. The lowest BCUT2D eigenvalue weighted by Crippen LogP contribution is -2.46. The monoisotopic (exact) mass is 411 g/mol. The first-order valence-corrected chi connectivity index (χ1v) is 11.2. The van der Waals surface area contributed by atoms with Crippen LogP contribution in [-0.4, -0.2) is 43.5 Å². The Morgan fingerprint density at radius 1 is 1.00 bits per heavy atom. The number of rotatable bonds is 7. The maximum Gasteiger partial charge on any atom is 0.220 e. The van der Waals surface area contributed by atoms with Crippen LogP contribution in [0.1, 0.15) is 42.9 Å². The molecule has 0 saturated carbocycles. The van der Waals surface area contributed by atoms with Crippen LogP contribution in [0.25, 0.3) is 0 Å². The summed E-state index contributed by atoms with van der Waals surface area (Å²) < 4.78 is 0. The zero-order chi connectivity index (χ0) is 20.1. The minimum absolute atomic E-state index is 0.174. The normalized spacial score (nSPS) is 20.1. The van der Waals surface area contributed by atoms with Crippen LogP contribution in [0.2, 0.25) is 5.02 Å². The molecule has 0 aliphatic carbocycles. The van der Waals surface area contributed by atoms with Crippen molar-refractivity contribution >= 4 is 23.2 Å². The van der Waals surface area contributed by atoms with Crippen LogP contribution in [-0.2, 0) is 11.2 Å². The molecular formula is C24H30ClN3O. The fourth-order valence-corrected chi connectivity index (χ4v) is 4.53. The van der Waals surface area contributed by atoms with Gasteiger partial charge in [-0.15, -0.1) is 0 Å². The highest BCUT2D eigenvalue weighted by atomic mass is 35.5. The number of amides is 1. The third-order valence-electron chi connectivity index (χ3n) is 6.11. The number of nitrogens with one attached hydrogen (secondary N) is 1. The first-order valence-electron chi connectivity index (χ1n) is 10.8. The smallest absolute Gasteiger partial charge is 0.220 e. The van der Waals surface area contributed by atoms with Gasteiger partial charge >= 0.3 is 0 Å². The van der Waals surface area contributed by atoms with Crippen LogP contribution < -0.4 is 10.2 Å². The van der Waals surface area contributed by atoms with E-state index >= 15 is 0 Å². The standard InChI is InChI=1S/C24H30ClN3O/c25-21-5-3-6-22(18-21)28-16-14-27(15-17-28)13-2-1-4-19-7-9-20(10-8-19)23-11-12-24(29)26-23/h3,5-10,18,23H,1-2,4,11-17H2,(H,26,29). The molecule has 2 fully saturated rings. The molecule has 154 valence electrons. The molecule has 0 spiro atoms. The van der Waals surface area contributed by atoms with Crippen molar-refractivity contribution in [3.05, 3.63) is 64.7 Å². The second-order valence-electron chi connectivity index (χ2n) is 8.17. The quantitative estimate of drug-likeness (QED) is 0.684. The number of unbranched alkanes of at least 4 members (excludes halogenated alkanes) is 1. The number of piperazine rings is 1. The Balaban J connectivity index is 1.15.